The number of carbonyl (C=O) groups excluding carboxylic acids is 1. The van der Waals surface area contributed by atoms with Crippen LogP contribution in [-0.2, 0) is 23.7 Å². The molecule has 2 aliphatic rings. The summed E-state index contributed by atoms with van der Waals surface area (Å²) in [6, 6.07) is -0.874. The number of hydrogen-bond donors (Lipinski definition) is 9. The molecule has 0 aromatic heterocycles. The Balaban J connectivity index is 1.76. The monoisotopic (exact) mass is 1100 g/mol. The molecule has 2 aliphatic heterocycles. The molecule has 0 aromatic carbocycles. The molecule has 14 heteroatoms. The van der Waals surface area contributed by atoms with Gasteiger partial charge in [0.05, 0.1) is 32.0 Å². The van der Waals surface area contributed by atoms with Gasteiger partial charge in [-0.1, -0.05) is 247 Å². The molecule has 2 saturated heterocycles. The molecule has 9 N–H and O–H groups in total. The zero-order valence-electron chi connectivity index (χ0n) is 48.6. The van der Waals surface area contributed by atoms with Crippen molar-refractivity contribution in [3.8, 4) is 0 Å². The molecule has 0 bridgehead atoms. The summed E-state index contributed by atoms with van der Waals surface area (Å²) in [6.07, 6.45) is 47.8. The number of carbonyl (C=O) groups is 1. The van der Waals surface area contributed by atoms with Crippen LogP contribution in [0.25, 0.3) is 0 Å². The van der Waals surface area contributed by atoms with E-state index < -0.39 is 86.8 Å². The molecule has 78 heavy (non-hydrogen) atoms. The van der Waals surface area contributed by atoms with Crippen LogP contribution in [0.4, 0.5) is 0 Å². The van der Waals surface area contributed by atoms with Crippen molar-refractivity contribution < 1.29 is 64.6 Å². The maximum atomic E-state index is 13.2. The molecule has 2 rings (SSSR count). The highest BCUT2D eigenvalue weighted by Gasteiger charge is 2.51. The summed E-state index contributed by atoms with van der Waals surface area (Å²) in [7, 11) is 0. The van der Waals surface area contributed by atoms with E-state index in [1.165, 1.54) is 135 Å². The molecule has 0 radical (unpaired) electrons. The Morgan fingerprint density at radius 2 is 0.859 bits per heavy atom. The van der Waals surface area contributed by atoms with Crippen molar-refractivity contribution in [1.29, 1.82) is 0 Å². The van der Waals surface area contributed by atoms with Gasteiger partial charge in [-0.05, 0) is 51.4 Å². The first-order valence-electron chi connectivity index (χ1n) is 31.2. The summed E-state index contributed by atoms with van der Waals surface area (Å²) in [5.74, 6) is -0.289. The van der Waals surface area contributed by atoms with Gasteiger partial charge in [-0.2, -0.15) is 0 Å². The Morgan fingerprint density at radius 3 is 1.28 bits per heavy atom. The van der Waals surface area contributed by atoms with Crippen molar-refractivity contribution in [2.75, 3.05) is 19.8 Å². The van der Waals surface area contributed by atoms with Crippen LogP contribution in [0.2, 0.25) is 0 Å². The van der Waals surface area contributed by atoms with Crippen molar-refractivity contribution >= 4 is 5.91 Å². The van der Waals surface area contributed by atoms with Crippen LogP contribution >= 0.6 is 0 Å². The Hall–Kier alpha value is -2.57. The molecule has 1 amide bonds. The third-order valence-electron chi connectivity index (χ3n) is 14.9. The van der Waals surface area contributed by atoms with Gasteiger partial charge < -0.3 is 65.1 Å². The van der Waals surface area contributed by atoms with Gasteiger partial charge in [0.15, 0.2) is 12.6 Å². The van der Waals surface area contributed by atoms with Crippen LogP contribution in [0.3, 0.4) is 0 Å². The second kappa shape index (κ2) is 49.1. The van der Waals surface area contributed by atoms with Crippen molar-refractivity contribution in [3.63, 3.8) is 0 Å². The van der Waals surface area contributed by atoms with E-state index >= 15 is 0 Å². The molecule has 0 aliphatic carbocycles. The molecule has 12 unspecified atom stereocenters. The lowest BCUT2D eigenvalue weighted by atomic mass is 9.97. The Kier molecular flexibility index (Phi) is 45.0. The number of allylic oxidation sites excluding steroid dienone is 12. The van der Waals surface area contributed by atoms with E-state index in [4.69, 9.17) is 18.9 Å². The molecule has 12 atom stereocenters. The average molecular weight is 1100 g/mol. The fraction of sp³-hybridized carbons (Fsp3) is 0.797. The molecule has 0 spiro atoms. The molecule has 2 heterocycles. The SMILES string of the molecule is CC/C=C\C/C=C\C/C=C\C/C=C\C/C=C\C/C=C\CCC(=O)NC(COC1OC(CO)C(OC2OC(CO)C(O)C(O)C2O)C(O)C1O)C(O)CCCCCCCCCCCCCCCCCCCCCCCCCCC. The largest absolute Gasteiger partial charge is 0.394 e. The first-order valence-corrected chi connectivity index (χ1v) is 31.2. The van der Waals surface area contributed by atoms with Crippen LogP contribution in [0.1, 0.15) is 232 Å². The average Bonchev–Trinajstić information content (AvgIpc) is 3.48. The lowest BCUT2D eigenvalue weighted by Gasteiger charge is -2.46. The van der Waals surface area contributed by atoms with E-state index in [2.05, 4.69) is 79.9 Å². The van der Waals surface area contributed by atoms with E-state index in [1.54, 1.807) is 0 Å². The minimum Gasteiger partial charge on any atom is -0.394 e. The van der Waals surface area contributed by atoms with E-state index in [1.807, 2.05) is 12.2 Å². The predicted octanol–water partition coefficient (Wildman–Crippen LogP) is 11.1. The Bertz CT molecular complexity index is 1580. The predicted molar refractivity (Wildman–Crippen MR) is 313 cm³/mol. The van der Waals surface area contributed by atoms with Crippen LogP contribution in [0.5, 0.6) is 0 Å². The molecular formula is C64H113NO13. The van der Waals surface area contributed by atoms with Crippen LogP contribution < -0.4 is 5.32 Å². The van der Waals surface area contributed by atoms with Gasteiger partial charge in [-0.25, -0.2) is 0 Å². The lowest BCUT2D eigenvalue weighted by Crippen LogP contribution is -2.65. The summed E-state index contributed by atoms with van der Waals surface area (Å²) in [6.45, 7) is 2.71. The van der Waals surface area contributed by atoms with Crippen molar-refractivity contribution in [2.24, 2.45) is 0 Å². The summed E-state index contributed by atoms with van der Waals surface area (Å²) >= 11 is 0. The number of rotatable bonds is 49. The standard InChI is InChI=1S/C64H113NO13/c1-3-5-7-9-11-13-15-17-19-21-23-24-25-26-27-28-30-31-33-35-37-39-41-43-45-47-53(68)52(65-56(69)48-46-44-42-40-38-36-34-32-29-22-20-18-16-14-12-10-8-6-4-2)51-75-63-61(74)59(72)62(55(50-67)77-63)78-64-60(73)58(71)57(70)54(49-66)76-64/h6,8,12,14,18,20,29,32,36,38,42,44,52-55,57-64,66-68,70-74H,3-5,7,9-11,13,15-17,19,21-28,30-31,33-35,37,39-41,43,45-51H2,1-2H3,(H,65,69)/b8-6-,14-12-,20-18-,32-29-,38-36-,44-42-. The third-order valence-corrected chi connectivity index (χ3v) is 14.9. The summed E-state index contributed by atoms with van der Waals surface area (Å²) in [5.41, 5.74) is 0. The summed E-state index contributed by atoms with van der Waals surface area (Å²) < 4.78 is 22.8. The minimum atomic E-state index is -1.79. The summed E-state index contributed by atoms with van der Waals surface area (Å²) in [4.78, 5) is 13.2. The van der Waals surface area contributed by atoms with Gasteiger partial charge in [0.2, 0.25) is 5.91 Å². The van der Waals surface area contributed by atoms with Gasteiger partial charge in [0.25, 0.3) is 0 Å². The second-order valence-electron chi connectivity index (χ2n) is 21.8. The van der Waals surface area contributed by atoms with Crippen LogP contribution in [0, 0.1) is 0 Å². The van der Waals surface area contributed by atoms with Gasteiger partial charge in [-0.3, -0.25) is 4.79 Å². The molecule has 0 aromatic rings. The fourth-order valence-electron chi connectivity index (χ4n) is 9.97. The summed E-state index contributed by atoms with van der Waals surface area (Å²) in [5, 5.41) is 87.3. The second-order valence-corrected chi connectivity index (χ2v) is 21.8. The zero-order valence-corrected chi connectivity index (χ0v) is 48.6. The number of hydrogen-bond acceptors (Lipinski definition) is 13. The number of aliphatic hydroxyl groups is 8. The molecule has 14 nitrogen and oxygen atoms in total. The zero-order chi connectivity index (χ0) is 56.7. The maximum absolute atomic E-state index is 13.2. The topological polar surface area (TPSA) is 228 Å². The highest BCUT2D eigenvalue weighted by atomic mass is 16.7. The Labute approximate surface area is 472 Å². The van der Waals surface area contributed by atoms with E-state index in [0.717, 1.165) is 64.2 Å². The third kappa shape index (κ3) is 34.0. The maximum Gasteiger partial charge on any atom is 0.220 e. The van der Waals surface area contributed by atoms with E-state index in [0.29, 0.717) is 12.8 Å². The van der Waals surface area contributed by atoms with Crippen molar-refractivity contribution in [1.82, 2.24) is 5.32 Å². The number of ether oxygens (including phenoxy) is 4. The van der Waals surface area contributed by atoms with E-state index in [-0.39, 0.29) is 18.9 Å². The smallest absolute Gasteiger partial charge is 0.220 e. The lowest BCUT2D eigenvalue weighted by molar-refractivity contribution is -0.359. The molecule has 452 valence electrons. The first kappa shape index (κ1) is 71.5. The van der Waals surface area contributed by atoms with Crippen LogP contribution in [-0.4, -0.2) is 140 Å². The van der Waals surface area contributed by atoms with Gasteiger partial charge in [0.1, 0.15) is 48.8 Å². The first-order chi connectivity index (χ1) is 38.1. The number of aliphatic hydroxyl groups excluding tert-OH is 8. The van der Waals surface area contributed by atoms with Gasteiger partial charge in [0, 0.05) is 6.42 Å². The van der Waals surface area contributed by atoms with Crippen molar-refractivity contribution in [2.45, 2.75) is 306 Å². The molecule has 0 saturated carbocycles. The highest BCUT2D eigenvalue weighted by molar-refractivity contribution is 5.76. The van der Waals surface area contributed by atoms with Gasteiger partial charge in [-0.15, -0.1) is 0 Å². The number of unbranched alkanes of at least 4 members (excludes halogenated alkanes) is 24. The number of nitrogens with one attached hydrogen (secondary N) is 1. The van der Waals surface area contributed by atoms with Crippen LogP contribution in [0.15, 0.2) is 72.9 Å². The normalized spacial score (nSPS) is 25.1. The highest BCUT2D eigenvalue weighted by Crippen LogP contribution is 2.30. The van der Waals surface area contributed by atoms with E-state index in [9.17, 15) is 45.6 Å². The molecule has 2 fully saturated rings. The Morgan fingerprint density at radius 1 is 0.474 bits per heavy atom. The molecular weight excluding hydrogens is 991 g/mol. The fourth-order valence-corrected chi connectivity index (χ4v) is 9.97. The quantitative estimate of drug-likeness (QED) is 0.0204. The minimum absolute atomic E-state index is 0.176. The van der Waals surface area contributed by atoms with Gasteiger partial charge >= 0.3 is 0 Å². The van der Waals surface area contributed by atoms with Crippen molar-refractivity contribution in [3.05, 3.63) is 72.9 Å². The number of amides is 1.